The number of amides is 1. The zero-order valence-electron chi connectivity index (χ0n) is 12.5. The molecule has 3 atom stereocenters. The molecule has 0 aliphatic carbocycles. The van der Waals surface area contributed by atoms with Gasteiger partial charge >= 0.3 is 0 Å². The molecule has 2 bridgehead atoms. The minimum absolute atomic E-state index is 0.0145. The Hall–Kier alpha value is -0.700. The van der Waals surface area contributed by atoms with Crippen LogP contribution in [0.3, 0.4) is 0 Å². The van der Waals surface area contributed by atoms with E-state index in [1.165, 1.54) is 7.05 Å². The van der Waals surface area contributed by atoms with E-state index in [1.54, 1.807) is 0 Å². The van der Waals surface area contributed by atoms with Crippen molar-refractivity contribution in [3.05, 3.63) is 6.42 Å². The second-order valence-electron chi connectivity index (χ2n) is 6.17. The van der Waals surface area contributed by atoms with Gasteiger partial charge in [0.05, 0.1) is 12.4 Å². The Morgan fingerprint density at radius 1 is 1.62 bits per heavy atom. The number of rotatable bonds is 6. The number of primary amides is 1. The number of sulfonamides is 1. The van der Waals surface area contributed by atoms with Crippen molar-refractivity contribution in [3.8, 4) is 0 Å². The van der Waals surface area contributed by atoms with Gasteiger partial charge in [0, 0.05) is 26.2 Å². The largest absolute Gasteiger partial charge is 0.390 e. The monoisotopic (exact) mass is 318 g/mol. The van der Waals surface area contributed by atoms with E-state index in [0.717, 1.165) is 23.4 Å². The van der Waals surface area contributed by atoms with Crippen LogP contribution in [0.4, 0.5) is 0 Å². The lowest BCUT2D eigenvalue weighted by Gasteiger charge is -2.43. The molecule has 2 fully saturated rings. The van der Waals surface area contributed by atoms with Crippen LogP contribution < -0.4 is 5.73 Å². The second kappa shape index (κ2) is 5.83. The molecule has 1 radical (unpaired) electrons. The van der Waals surface area contributed by atoms with Crippen molar-refractivity contribution in [2.24, 2.45) is 5.73 Å². The molecule has 2 heterocycles. The van der Waals surface area contributed by atoms with E-state index in [1.807, 2.05) is 4.90 Å². The molecule has 121 valence electrons. The van der Waals surface area contributed by atoms with E-state index in [0.29, 0.717) is 12.8 Å². The SMILES string of the molecule is CN(C[C@H](O)CN1[C@@H]2C[CH]C[C@@]1(C(N)=O)CC2)S(C)(=O)=O. The van der Waals surface area contributed by atoms with E-state index in [-0.39, 0.29) is 25.0 Å². The van der Waals surface area contributed by atoms with Crippen molar-refractivity contribution in [1.29, 1.82) is 0 Å². The maximum absolute atomic E-state index is 11.9. The molecule has 2 aliphatic heterocycles. The number of aliphatic hydroxyl groups excluding tert-OH is 1. The highest BCUT2D eigenvalue weighted by atomic mass is 32.2. The zero-order valence-corrected chi connectivity index (χ0v) is 13.3. The summed E-state index contributed by atoms with van der Waals surface area (Å²) >= 11 is 0. The van der Waals surface area contributed by atoms with Crippen LogP contribution in [0.15, 0.2) is 0 Å². The minimum Gasteiger partial charge on any atom is -0.390 e. The predicted octanol–water partition coefficient (Wildman–Crippen LogP) is -1.07. The summed E-state index contributed by atoms with van der Waals surface area (Å²) in [6.45, 7) is 0.280. The van der Waals surface area contributed by atoms with E-state index in [2.05, 4.69) is 6.42 Å². The molecule has 0 spiro atoms. The number of aliphatic hydroxyl groups is 1. The zero-order chi connectivity index (χ0) is 15.8. The summed E-state index contributed by atoms with van der Waals surface area (Å²) in [6, 6.07) is 0.212. The lowest BCUT2D eigenvalue weighted by Crippen LogP contribution is -2.60. The minimum atomic E-state index is -3.32. The Balaban J connectivity index is 2.06. The molecule has 0 unspecified atom stereocenters. The summed E-state index contributed by atoms with van der Waals surface area (Å²) in [5.41, 5.74) is 4.89. The van der Waals surface area contributed by atoms with Crippen LogP contribution in [0.5, 0.6) is 0 Å². The molecule has 0 aromatic carbocycles. The first-order valence-corrected chi connectivity index (χ1v) is 8.99. The van der Waals surface area contributed by atoms with Crippen molar-refractivity contribution in [2.45, 2.75) is 43.4 Å². The molecular formula is C13H24N3O4S. The molecular weight excluding hydrogens is 294 g/mol. The van der Waals surface area contributed by atoms with Gasteiger partial charge in [-0.25, -0.2) is 12.7 Å². The Morgan fingerprint density at radius 2 is 2.29 bits per heavy atom. The van der Waals surface area contributed by atoms with Gasteiger partial charge in [-0.1, -0.05) is 0 Å². The normalized spacial score (nSPS) is 31.5. The average Bonchev–Trinajstić information content (AvgIpc) is 2.58. The molecule has 3 N–H and O–H groups in total. The van der Waals surface area contributed by atoms with Crippen LogP contribution in [-0.2, 0) is 14.8 Å². The number of hydrogen-bond donors (Lipinski definition) is 2. The fourth-order valence-electron chi connectivity index (χ4n) is 3.44. The van der Waals surface area contributed by atoms with Crippen LogP contribution in [0.2, 0.25) is 0 Å². The highest BCUT2D eigenvalue weighted by Gasteiger charge is 2.52. The van der Waals surface area contributed by atoms with Gasteiger partial charge in [-0.2, -0.15) is 0 Å². The summed E-state index contributed by atoms with van der Waals surface area (Å²) in [6.07, 6.45) is 5.42. The fraction of sp³-hybridized carbons (Fsp3) is 0.846. The Bertz CT molecular complexity index is 506. The first-order chi connectivity index (χ1) is 9.67. The average molecular weight is 318 g/mol. The van der Waals surface area contributed by atoms with Crippen LogP contribution in [-0.4, -0.2) is 72.7 Å². The number of carbonyl (C=O) groups excluding carboxylic acids is 1. The number of fused-ring (bicyclic) bond motifs is 2. The number of hydrogen-bond acceptors (Lipinski definition) is 5. The first kappa shape index (κ1) is 16.7. The lowest BCUT2D eigenvalue weighted by molar-refractivity contribution is -0.131. The number of likely N-dealkylation sites (N-methyl/N-ethyl adjacent to an activating group) is 1. The van der Waals surface area contributed by atoms with Gasteiger partial charge in [-0.05, 0) is 32.1 Å². The summed E-state index contributed by atoms with van der Waals surface area (Å²) in [7, 11) is -1.89. The van der Waals surface area contributed by atoms with Crippen LogP contribution in [0, 0.1) is 6.42 Å². The first-order valence-electron chi connectivity index (χ1n) is 7.14. The number of β-amino-alcohol motifs (C(OH)–C–C–N with tert-alkyl or cyclic N) is 1. The molecule has 7 nitrogen and oxygen atoms in total. The van der Waals surface area contributed by atoms with Crippen LogP contribution in [0.25, 0.3) is 0 Å². The van der Waals surface area contributed by atoms with E-state index in [4.69, 9.17) is 5.73 Å². The molecule has 21 heavy (non-hydrogen) atoms. The lowest BCUT2D eigenvalue weighted by atomic mass is 9.87. The van der Waals surface area contributed by atoms with Crippen molar-refractivity contribution in [1.82, 2.24) is 9.21 Å². The molecule has 2 rings (SSSR count). The van der Waals surface area contributed by atoms with Crippen molar-refractivity contribution in [2.75, 3.05) is 26.4 Å². The third kappa shape index (κ3) is 3.23. The summed E-state index contributed by atoms with van der Waals surface area (Å²) < 4.78 is 23.9. The summed E-state index contributed by atoms with van der Waals surface area (Å²) in [4.78, 5) is 13.9. The third-order valence-corrected chi connectivity index (χ3v) is 5.98. The van der Waals surface area contributed by atoms with E-state index < -0.39 is 21.7 Å². The van der Waals surface area contributed by atoms with Crippen LogP contribution in [0.1, 0.15) is 25.7 Å². The molecule has 0 aromatic heterocycles. The van der Waals surface area contributed by atoms with Gasteiger partial charge in [0.2, 0.25) is 15.9 Å². The highest BCUT2D eigenvalue weighted by Crippen LogP contribution is 2.43. The molecule has 8 heteroatoms. The van der Waals surface area contributed by atoms with Gasteiger partial charge in [0.15, 0.2) is 0 Å². The van der Waals surface area contributed by atoms with Gasteiger partial charge in [-0.3, -0.25) is 9.69 Å². The molecule has 0 saturated carbocycles. The maximum atomic E-state index is 11.9. The molecule has 2 aliphatic rings. The van der Waals surface area contributed by atoms with Gasteiger partial charge < -0.3 is 10.8 Å². The van der Waals surface area contributed by atoms with E-state index >= 15 is 0 Å². The van der Waals surface area contributed by atoms with Crippen molar-refractivity contribution in [3.63, 3.8) is 0 Å². The summed E-state index contributed by atoms with van der Waals surface area (Å²) in [5.74, 6) is -0.357. The Morgan fingerprint density at radius 3 is 2.86 bits per heavy atom. The second-order valence-corrected chi connectivity index (χ2v) is 8.26. The Labute approximate surface area is 126 Å². The Kier molecular flexibility index (Phi) is 4.63. The van der Waals surface area contributed by atoms with Gasteiger partial charge in [0.25, 0.3) is 0 Å². The number of nitrogens with zero attached hydrogens (tertiary/aromatic N) is 2. The molecule has 2 saturated heterocycles. The van der Waals surface area contributed by atoms with E-state index in [9.17, 15) is 18.3 Å². The number of carbonyl (C=O) groups is 1. The molecule has 1 amide bonds. The molecule has 0 aromatic rings. The third-order valence-electron chi connectivity index (χ3n) is 4.70. The maximum Gasteiger partial charge on any atom is 0.237 e. The highest BCUT2D eigenvalue weighted by molar-refractivity contribution is 7.88. The topological polar surface area (TPSA) is 104 Å². The predicted molar refractivity (Wildman–Crippen MR) is 78.7 cm³/mol. The smallest absolute Gasteiger partial charge is 0.237 e. The number of piperidine rings is 1. The van der Waals surface area contributed by atoms with Crippen molar-refractivity contribution >= 4 is 15.9 Å². The van der Waals surface area contributed by atoms with Gasteiger partial charge in [0.1, 0.15) is 5.54 Å². The fourth-order valence-corrected chi connectivity index (χ4v) is 3.88. The van der Waals surface area contributed by atoms with Crippen LogP contribution >= 0.6 is 0 Å². The summed E-state index contributed by atoms with van der Waals surface area (Å²) in [5, 5.41) is 10.2. The van der Waals surface area contributed by atoms with Crippen molar-refractivity contribution < 1.29 is 18.3 Å². The quantitative estimate of drug-likeness (QED) is 0.649. The standard InChI is InChI=1S/C13H24N3O4S/c1-15(21(2,19)20)8-11(17)9-16-10-4-3-6-13(16,7-5-10)12(14)18/h3,10-11,17H,4-9H2,1-2H3,(H2,14,18)/t10-,11+,13+/m1/s1. The number of nitrogens with two attached hydrogens (primary N) is 1. The van der Waals surface area contributed by atoms with Gasteiger partial charge in [-0.15, -0.1) is 0 Å².